The van der Waals surface area contributed by atoms with Crippen LogP contribution in [0.4, 0.5) is 10.1 Å². The van der Waals surface area contributed by atoms with Gasteiger partial charge in [0.15, 0.2) is 0 Å². The summed E-state index contributed by atoms with van der Waals surface area (Å²) in [5.41, 5.74) is 4.63. The van der Waals surface area contributed by atoms with Crippen LogP contribution in [0.15, 0.2) is 70.6 Å². The molecule has 0 fully saturated rings. The molecule has 0 amide bonds. The van der Waals surface area contributed by atoms with Gasteiger partial charge >= 0.3 is 5.69 Å². The smallest absolute Gasteiger partial charge is 0.370 e. The lowest BCUT2D eigenvalue weighted by Crippen LogP contribution is -2.27. The summed E-state index contributed by atoms with van der Waals surface area (Å²) in [7, 11) is -0.586. The van der Waals surface area contributed by atoms with Gasteiger partial charge in [-0.2, -0.15) is 9.36 Å². The molecule has 0 bridgehead atoms. The van der Waals surface area contributed by atoms with Crippen LogP contribution in [0.25, 0.3) is 27.7 Å². The van der Waals surface area contributed by atoms with Crippen LogP contribution in [0.5, 0.6) is 5.75 Å². The molecule has 1 aliphatic heterocycles. The monoisotopic (exact) mass is 714 g/mol. The molecule has 0 saturated heterocycles. The Morgan fingerprint density at radius 3 is 2.36 bits per heavy atom. The largest absolute Gasteiger partial charge is 0.442 e. The Morgan fingerprint density at radius 2 is 1.62 bits per heavy atom. The number of benzene rings is 3. The first-order valence-corrected chi connectivity index (χ1v) is 24.5. The zero-order valence-corrected chi connectivity index (χ0v) is 32.3. The van der Waals surface area contributed by atoms with E-state index in [2.05, 4.69) is 49.7 Å². The maximum absolute atomic E-state index is 15.9. The van der Waals surface area contributed by atoms with Crippen LogP contribution < -0.4 is 10.4 Å². The number of rotatable bonds is 13. The van der Waals surface area contributed by atoms with E-state index in [-0.39, 0.29) is 12.5 Å². The van der Waals surface area contributed by atoms with Gasteiger partial charge in [-0.25, -0.2) is 14.2 Å². The number of aromatic nitrogens is 5. The molecule has 50 heavy (non-hydrogen) atoms. The fourth-order valence-electron chi connectivity index (χ4n) is 5.83. The van der Waals surface area contributed by atoms with Gasteiger partial charge in [0.05, 0.1) is 23.9 Å². The molecule has 1 unspecified atom stereocenters. The van der Waals surface area contributed by atoms with Crippen molar-refractivity contribution in [2.45, 2.75) is 70.9 Å². The fraction of sp³-hybridized carbons (Fsp3) is 0.405. The number of ether oxygens (including phenoxy) is 3. The van der Waals surface area contributed by atoms with E-state index >= 15 is 4.39 Å². The number of nitrogens with zero attached hydrogens (tertiary/aromatic N) is 6. The molecule has 10 nitrogen and oxygen atoms in total. The minimum absolute atomic E-state index is 0.0325. The van der Waals surface area contributed by atoms with Crippen LogP contribution in [0.2, 0.25) is 51.4 Å². The highest BCUT2D eigenvalue weighted by Gasteiger charge is 2.32. The Morgan fingerprint density at radius 1 is 0.880 bits per heavy atom. The molecule has 1 atom stereocenters. The highest BCUT2D eigenvalue weighted by atomic mass is 28.3. The molecule has 264 valence electrons. The Hall–Kier alpha value is -4.18. The lowest BCUT2D eigenvalue weighted by Gasteiger charge is -2.19. The molecule has 0 spiro atoms. The Kier molecular flexibility index (Phi) is 10.1. The van der Waals surface area contributed by atoms with Crippen LogP contribution in [0.3, 0.4) is 0 Å². The van der Waals surface area contributed by atoms with E-state index in [1.165, 1.54) is 9.36 Å². The Bertz CT molecular complexity index is 2110. The molecule has 0 radical (unpaired) electrons. The van der Waals surface area contributed by atoms with E-state index in [1.807, 2.05) is 61.1 Å². The molecule has 2 aromatic heterocycles. The zero-order valence-electron chi connectivity index (χ0n) is 30.3. The summed E-state index contributed by atoms with van der Waals surface area (Å²) in [6.45, 7) is 17.2. The average Bonchev–Trinajstić information content (AvgIpc) is 3.71. The van der Waals surface area contributed by atoms with Crippen molar-refractivity contribution < 1.29 is 18.6 Å². The summed E-state index contributed by atoms with van der Waals surface area (Å²) in [6.07, 6.45) is 1.99. The second-order valence-corrected chi connectivity index (χ2v) is 26.8. The van der Waals surface area contributed by atoms with Crippen LogP contribution in [-0.2, 0) is 23.3 Å². The van der Waals surface area contributed by atoms with Crippen molar-refractivity contribution in [2.24, 2.45) is 12.0 Å². The van der Waals surface area contributed by atoms with Crippen LogP contribution in [0, 0.1) is 12.7 Å². The molecule has 3 heterocycles. The third kappa shape index (κ3) is 8.07. The lowest BCUT2D eigenvalue weighted by atomic mass is 9.96. The summed E-state index contributed by atoms with van der Waals surface area (Å²) >= 11 is 0. The van der Waals surface area contributed by atoms with E-state index in [1.54, 1.807) is 18.2 Å². The number of tetrazole rings is 1. The molecule has 0 N–H and O–H groups in total. The second-order valence-electron chi connectivity index (χ2n) is 15.6. The molecule has 0 saturated carbocycles. The maximum atomic E-state index is 15.9. The number of hydrogen-bond donors (Lipinski definition) is 0. The predicted molar refractivity (Wildman–Crippen MR) is 202 cm³/mol. The maximum Gasteiger partial charge on any atom is 0.370 e. The number of aliphatic imine (C=N–C) groups is 1. The molecule has 5 aromatic rings. The molecule has 0 aliphatic carbocycles. The van der Waals surface area contributed by atoms with Gasteiger partial charge in [-0.3, -0.25) is 0 Å². The molecular formula is C37H47FN6O4Si2. The van der Waals surface area contributed by atoms with Gasteiger partial charge in [0.25, 0.3) is 0 Å². The first-order chi connectivity index (χ1) is 23.7. The van der Waals surface area contributed by atoms with Gasteiger partial charge in [0.2, 0.25) is 5.90 Å². The highest BCUT2D eigenvalue weighted by Crippen LogP contribution is 2.41. The van der Waals surface area contributed by atoms with Crippen molar-refractivity contribution in [3.05, 3.63) is 88.2 Å². The summed E-state index contributed by atoms with van der Waals surface area (Å²) < 4.78 is 38.8. The van der Waals surface area contributed by atoms with Crippen LogP contribution in [-0.4, -0.2) is 66.2 Å². The fourth-order valence-corrected chi connectivity index (χ4v) is 7.34. The predicted octanol–water partition coefficient (Wildman–Crippen LogP) is 7.91. The highest BCUT2D eigenvalue weighted by molar-refractivity contribution is 6.76. The second kappa shape index (κ2) is 14.2. The average molecular weight is 715 g/mol. The third-order valence-electron chi connectivity index (χ3n) is 8.98. The topological polar surface area (TPSA) is 97.7 Å². The standard InChI is InChI=1S/C37H47FN6O4Si2/c1-25-9-11-28(20-35(25)44-37(45)43(40-41-44)24-47-16-18-50(6,7)8)48-36-31(23-46-15-17-49(3,4)5)30-21-32(38)29(22-33(30)39-36)26-10-12-34-27(19-26)13-14-42(34)2/h9-14,19-22,31H,15-18,23-24H2,1-8H3. The van der Waals surface area contributed by atoms with Gasteiger partial charge in [0.1, 0.15) is 18.3 Å². The number of fused-ring (bicyclic) bond motifs is 2. The molecule has 3 aromatic carbocycles. The third-order valence-corrected chi connectivity index (χ3v) is 12.4. The molecule has 13 heteroatoms. The number of halogens is 1. The van der Waals surface area contributed by atoms with Gasteiger partial charge in [-0.1, -0.05) is 51.4 Å². The van der Waals surface area contributed by atoms with E-state index < -0.39 is 27.8 Å². The minimum atomic E-state index is -1.32. The van der Waals surface area contributed by atoms with E-state index in [0.29, 0.717) is 48.4 Å². The van der Waals surface area contributed by atoms with E-state index in [9.17, 15) is 4.79 Å². The normalized spacial score (nSPS) is 14.7. The Balaban J connectivity index is 1.27. The molecule has 1 aliphatic rings. The first kappa shape index (κ1) is 35.6. The number of aryl methyl sites for hydroxylation is 2. The molecular weight excluding hydrogens is 668 g/mol. The summed E-state index contributed by atoms with van der Waals surface area (Å²) in [6, 6.07) is 18.8. The van der Waals surface area contributed by atoms with Crippen molar-refractivity contribution in [2.75, 3.05) is 19.8 Å². The summed E-state index contributed by atoms with van der Waals surface area (Å²) in [5.74, 6) is 0.137. The van der Waals surface area contributed by atoms with Crippen molar-refractivity contribution in [3.63, 3.8) is 0 Å². The van der Waals surface area contributed by atoms with Crippen molar-refractivity contribution in [1.29, 1.82) is 0 Å². The van der Waals surface area contributed by atoms with Gasteiger partial charge in [0, 0.05) is 65.1 Å². The quantitative estimate of drug-likeness (QED) is 0.0909. The van der Waals surface area contributed by atoms with Gasteiger partial charge in [-0.15, -0.1) is 0 Å². The zero-order chi connectivity index (χ0) is 35.8. The van der Waals surface area contributed by atoms with Crippen molar-refractivity contribution in [3.8, 4) is 22.6 Å². The van der Waals surface area contributed by atoms with E-state index in [4.69, 9.17) is 19.2 Å². The summed E-state index contributed by atoms with van der Waals surface area (Å²) in [5, 5.41) is 9.22. The van der Waals surface area contributed by atoms with Gasteiger partial charge < -0.3 is 18.8 Å². The van der Waals surface area contributed by atoms with Crippen LogP contribution in [0.1, 0.15) is 17.0 Å². The Labute approximate surface area is 294 Å². The van der Waals surface area contributed by atoms with Crippen molar-refractivity contribution >= 4 is 38.6 Å². The molecule has 6 rings (SSSR count). The SMILES string of the molecule is Cc1ccc(OC2=Nc3cc(-c4ccc5c(ccn5C)c4)c(F)cc3C2COCC[Si](C)(C)C)cc1-n1nnn(COCC[Si](C)(C)C)c1=O. The first-order valence-electron chi connectivity index (χ1n) is 17.1. The number of hydrogen-bond acceptors (Lipinski definition) is 7. The van der Waals surface area contributed by atoms with Gasteiger partial charge in [-0.05, 0) is 82.5 Å². The van der Waals surface area contributed by atoms with E-state index in [0.717, 1.165) is 39.7 Å². The van der Waals surface area contributed by atoms with Crippen LogP contribution >= 0.6 is 0 Å². The minimum Gasteiger partial charge on any atom is -0.442 e. The summed E-state index contributed by atoms with van der Waals surface area (Å²) in [4.78, 5) is 18.1. The van der Waals surface area contributed by atoms with Crippen molar-refractivity contribution in [1.82, 2.24) is 24.4 Å². The lowest BCUT2D eigenvalue weighted by molar-refractivity contribution is 0.0748.